The first-order valence-electron chi connectivity index (χ1n) is 20.1. The normalized spacial score (nSPS) is 32.9. The summed E-state index contributed by atoms with van der Waals surface area (Å²) in [6.07, 6.45) is -22.5. The van der Waals surface area contributed by atoms with Gasteiger partial charge in [0, 0.05) is 23.8 Å². The Morgan fingerprint density at radius 2 is 1.34 bits per heavy atom. The van der Waals surface area contributed by atoms with Gasteiger partial charge in [-0.25, -0.2) is 4.79 Å². The number of phenols is 3. The summed E-state index contributed by atoms with van der Waals surface area (Å²) >= 11 is 0. The highest BCUT2D eigenvalue weighted by atomic mass is 16.7. The summed E-state index contributed by atoms with van der Waals surface area (Å²) in [5.41, 5.74) is -0.669. The molecule has 4 heterocycles. The molecule has 3 saturated heterocycles. The fourth-order valence-corrected chi connectivity index (χ4v) is 7.35. The maximum Gasteiger partial charge on any atom is 0.330 e. The average Bonchev–Trinajstić information content (AvgIpc) is 3.28. The molecule has 3 fully saturated rings. The molecule has 1 aromatic heterocycles. The summed E-state index contributed by atoms with van der Waals surface area (Å²) in [4.78, 5) is 26.6. The van der Waals surface area contributed by atoms with Gasteiger partial charge in [-0.2, -0.15) is 0 Å². The number of carbonyl (C=O) groups is 1. The van der Waals surface area contributed by atoms with Crippen molar-refractivity contribution in [2.45, 2.75) is 106 Å². The van der Waals surface area contributed by atoms with Gasteiger partial charge in [-0.1, -0.05) is 6.07 Å². The van der Waals surface area contributed by atoms with Crippen molar-refractivity contribution in [1.82, 2.24) is 0 Å². The smallest absolute Gasteiger partial charge is 0.330 e. The quantitative estimate of drug-likeness (QED) is 0.0605. The minimum absolute atomic E-state index is 0.117. The molecule has 0 spiro atoms. The number of phenolic OH excluding ortho intramolecular Hbond substituents is 3. The second-order valence-corrected chi connectivity index (χ2v) is 15.6. The van der Waals surface area contributed by atoms with Gasteiger partial charge in [0.2, 0.25) is 23.8 Å². The predicted octanol–water partition coefficient (Wildman–Crippen LogP) is -0.913. The Kier molecular flexibility index (Phi) is 14.2. The van der Waals surface area contributed by atoms with Gasteiger partial charge in [-0.3, -0.25) is 4.79 Å². The third-order valence-corrected chi connectivity index (χ3v) is 11.1. The van der Waals surface area contributed by atoms with Crippen LogP contribution in [0, 0.1) is 0 Å². The molecule has 4 aromatic rings. The molecule has 0 aliphatic carbocycles. The second-order valence-electron chi connectivity index (χ2n) is 15.6. The molecular weight excluding hydrogens is 868 g/mol. The number of aliphatic hydroxyl groups excluding tert-OH is 8. The van der Waals surface area contributed by atoms with Crippen LogP contribution < -0.4 is 19.6 Å². The minimum atomic E-state index is -1.96. The number of aliphatic hydroxyl groups is 8. The van der Waals surface area contributed by atoms with E-state index in [9.17, 15) is 65.8 Å². The van der Waals surface area contributed by atoms with Crippen LogP contribution in [0.3, 0.4) is 0 Å². The SMILES string of the molecule is COc1cc(/C=C/C(=O)OC[C@@H]2O[C@@H](O[C@H]3[C@@H](O)[C@@H](C)O[C@H](Oc4cc(O)c5c(=O)c(O[C@@H]6O[C@@H](C)[C@H](O)[C@H](O)[C@@H]6O)c(-c6ccc(O)cc6)oc5c4)[C@@H]3O)[C@H](O)[C@H](O)[C@@H]2O)ccc1O. The van der Waals surface area contributed by atoms with Crippen LogP contribution in [0.25, 0.3) is 28.4 Å². The van der Waals surface area contributed by atoms with E-state index in [1.807, 2.05) is 0 Å². The summed E-state index contributed by atoms with van der Waals surface area (Å²) in [5.74, 6) is -2.88. The van der Waals surface area contributed by atoms with E-state index in [1.54, 1.807) is 0 Å². The van der Waals surface area contributed by atoms with Gasteiger partial charge in [-0.15, -0.1) is 0 Å². The zero-order valence-corrected chi connectivity index (χ0v) is 34.6. The zero-order valence-electron chi connectivity index (χ0n) is 34.6. The van der Waals surface area contributed by atoms with Gasteiger partial charge in [0.25, 0.3) is 0 Å². The monoisotopic (exact) mass is 916 g/mol. The van der Waals surface area contributed by atoms with Crippen molar-refractivity contribution in [1.29, 1.82) is 0 Å². The van der Waals surface area contributed by atoms with Crippen molar-refractivity contribution in [2.75, 3.05) is 13.7 Å². The van der Waals surface area contributed by atoms with Gasteiger partial charge in [-0.05, 0) is 61.9 Å². The van der Waals surface area contributed by atoms with Gasteiger partial charge in [0.05, 0.1) is 19.3 Å². The van der Waals surface area contributed by atoms with E-state index in [2.05, 4.69) is 0 Å². The second kappa shape index (κ2) is 19.5. The van der Waals surface area contributed by atoms with Gasteiger partial charge in [0.15, 0.2) is 23.5 Å². The molecule has 65 heavy (non-hydrogen) atoms. The van der Waals surface area contributed by atoms with Crippen LogP contribution in [0.4, 0.5) is 0 Å². The van der Waals surface area contributed by atoms with E-state index in [1.165, 1.54) is 69.5 Å². The van der Waals surface area contributed by atoms with E-state index < -0.39 is 127 Å². The highest BCUT2D eigenvalue weighted by molar-refractivity contribution is 5.88. The fourth-order valence-electron chi connectivity index (χ4n) is 7.35. The molecule has 11 N–H and O–H groups in total. The Labute approximate surface area is 367 Å². The molecule has 0 bridgehead atoms. The molecule has 22 heteroatoms. The van der Waals surface area contributed by atoms with E-state index in [-0.39, 0.29) is 39.9 Å². The van der Waals surface area contributed by atoms with Crippen LogP contribution >= 0.6 is 0 Å². The largest absolute Gasteiger partial charge is 0.508 e. The fraction of sp³-hybridized carbons (Fsp3) is 0.442. The van der Waals surface area contributed by atoms with E-state index in [0.717, 1.165) is 18.2 Å². The van der Waals surface area contributed by atoms with Gasteiger partial charge in [0.1, 0.15) is 95.9 Å². The Bertz CT molecular complexity index is 2400. The Hall–Kier alpha value is -5.60. The van der Waals surface area contributed by atoms with E-state index in [0.29, 0.717) is 5.56 Å². The van der Waals surface area contributed by atoms with Crippen molar-refractivity contribution in [3.63, 3.8) is 0 Å². The molecule has 0 saturated carbocycles. The molecule has 0 unspecified atom stereocenters. The average molecular weight is 917 g/mol. The number of methoxy groups -OCH3 is 1. The number of ether oxygens (including phenoxy) is 8. The highest BCUT2D eigenvalue weighted by Gasteiger charge is 2.51. The molecule has 0 radical (unpaired) electrons. The molecule has 0 amide bonds. The molecule has 22 nitrogen and oxygen atoms in total. The van der Waals surface area contributed by atoms with E-state index >= 15 is 0 Å². The van der Waals surface area contributed by atoms with Crippen molar-refractivity contribution in [3.05, 3.63) is 76.5 Å². The third-order valence-electron chi connectivity index (χ3n) is 11.1. The highest BCUT2D eigenvalue weighted by Crippen LogP contribution is 2.39. The summed E-state index contributed by atoms with van der Waals surface area (Å²) in [6, 6.07) is 11.7. The molecular formula is C43H48O22. The third kappa shape index (κ3) is 9.84. The number of carbonyl (C=O) groups excluding carboxylic acids is 1. The van der Waals surface area contributed by atoms with Crippen LogP contribution in [0.2, 0.25) is 0 Å². The number of rotatable bonds is 12. The topological polar surface area (TPSA) is 344 Å². The molecule has 3 aliphatic heterocycles. The number of hydrogen-bond acceptors (Lipinski definition) is 22. The lowest BCUT2D eigenvalue weighted by molar-refractivity contribution is -0.350. The summed E-state index contributed by atoms with van der Waals surface area (Å²) in [5, 5.41) is 116. The number of fused-ring (bicyclic) bond motifs is 1. The summed E-state index contributed by atoms with van der Waals surface area (Å²) in [7, 11) is 1.35. The Morgan fingerprint density at radius 1 is 0.692 bits per heavy atom. The number of esters is 1. The van der Waals surface area contributed by atoms with E-state index in [4.69, 9.17) is 42.3 Å². The van der Waals surface area contributed by atoms with Crippen LogP contribution in [0.1, 0.15) is 19.4 Å². The number of hydrogen-bond donors (Lipinski definition) is 11. The first kappa shape index (κ1) is 47.4. The van der Waals surface area contributed by atoms with Crippen molar-refractivity contribution in [2.24, 2.45) is 0 Å². The van der Waals surface area contributed by atoms with Gasteiger partial charge < -0.3 is 98.5 Å². The number of aromatic hydroxyl groups is 3. The molecule has 15 atom stereocenters. The standard InChI is InChI=1S/C43H48O22/c1-16-29(48)33(52)35(54)41(59-16)65-40-32(51)28-23(46)13-21(14-25(28)62-38(40)19-6-8-20(44)9-7-19)61-43-37(56)39(30(49)17(2)60-43)64-42-36(55)34(53)31(50)26(63-42)15-58-27(47)11-5-18-4-10-22(45)24(12-18)57-3/h4-14,16-17,26,29-31,33-37,39,41-46,48-50,52-56H,15H2,1-3H3/b11-5+/t16-,17+,26-,29-,30-,31+,33-,34+,35-,36+,37+,39-,41-,42-,43+/m0/s1. The first-order valence-corrected chi connectivity index (χ1v) is 20.1. The molecule has 352 valence electrons. The molecule has 3 aliphatic rings. The van der Waals surface area contributed by atoms with Crippen LogP contribution in [0.5, 0.6) is 34.5 Å². The lowest BCUT2D eigenvalue weighted by Gasteiger charge is -2.45. The summed E-state index contributed by atoms with van der Waals surface area (Å²) in [6.45, 7) is 2.14. The van der Waals surface area contributed by atoms with Crippen molar-refractivity contribution in [3.8, 4) is 45.8 Å². The van der Waals surface area contributed by atoms with Gasteiger partial charge >= 0.3 is 5.97 Å². The van der Waals surface area contributed by atoms with Crippen LogP contribution in [0.15, 0.2) is 69.9 Å². The zero-order chi connectivity index (χ0) is 47.0. The maximum atomic E-state index is 14.1. The predicted molar refractivity (Wildman–Crippen MR) is 217 cm³/mol. The number of benzene rings is 3. The summed E-state index contributed by atoms with van der Waals surface area (Å²) < 4.78 is 50.6. The molecule has 7 rings (SSSR count). The maximum absolute atomic E-state index is 14.1. The van der Waals surface area contributed by atoms with Crippen molar-refractivity contribution < 1.29 is 103 Å². The Balaban J connectivity index is 1.09. The lowest BCUT2D eigenvalue weighted by atomic mass is 9.97. The van der Waals surface area contributed by atoms with Crippen LogP contribution in [-0.4, -0.2) is 168 Å². The lowest BCUT2D eigenvalue weighted by Crippen LogP contribution is -2.64. The molecule has 3 aromatic carbocycles. The first-order chi connectivity index (χ1) is 30.9. The van der Waals surface area contributed by atoms with Crippen LogP contribution in [-0.2, 0) is 28.5 Å². The minimum Gasteiger partial charge on any atom is -0.508 e. The van der Waals surface area contributed by atoms with Crippen molar-refractivity contribution >= 4 is 23.0 Å². The Morgan fingerprint density at radius 3 is 2.03 bits per heavy atom.